The van der Waals surface area contributed by atoms with E-state index in [4.69, 9.17) is 10.4 Å². The van der Waals surface area contributed by atoms with Gasteiger partial charge in [-0.05, 0) is 49.7 Å². The Labute approximate surface area is 134 Å². The summed E-state index contributed by atoms with van der Waals surface area (Å²) in [5, 5.41) is 17.6. The summed E-state index contributed by atoms with van der Waals surface area (Å²) in [5.41, 5.74) is 4.97. The van der Waals surface area contributed by atoms with Crippen molar-refractivity contribution in [3.63, 3.8) is 0 Å². The lowest BCUT2D eigenvalue weighted by Gasteiger charge is -2.32. The zero-order chi connectivity index (χ0) is 16.6. The molecule has 0 aliphatic heterocycles. The molecule has 0 unspecified atom stereocenters. The third-order valence-electron chi connectivity index (χ3n) is 4.16. The molecule has 2 heteroatoms. The minimum Gasteiger partial charge on any atom is -0.392 e. The smallest absolute Gasteiger partial charge is 0.0915 e. The standard InChI is InChI=1S/C20H27NO/c1-16(7-5-9-18(15-22)12-14-21)10-11-19-17(2)8-6-13-20(19,3)4/h5,7,9-12,22H,6,8,13,15H2,1-4H3/b9-5+,11-10+,16-7+,18-12-. The summed E-state index contributed by atoms with van der Waals surface area (Å²) in [6.07, 6.45) is 15.1. The lowest BCUT2D eigenvalue weighted by molar-refractivity contribution is 0.335. The van der Waals surface area contributed by atoms with Crippen LogP contribution in [-0.2, 0) is 0 Å². The van der Waals surface area contributed by atoms with Crippen molar-refractivity contribution >= 4 is 0 Å². The fourth-order valence-electron chi connectivity index (χ4n) is 2.83. The van der Waals surface area contributed by atoms with E-state index in [1.807, 2.05) is 18.2 Å². The van der Waals surface area contributed by atoms with Crippen LogP contribution in [0.1, 0.15) is 47.0 Å². The van der Waals surface area contributed by atoms with E-state index >= 15 is 0 Å². The minimum absolute atomic E-state index is 0.118. The van der Waals surface area contributed by atoms with E-state index in [-0.39, 0.29) is 12.0 Å². The largest absolute Gasteiger partial charge is 0.392 e. The Morgan fingerprint density at radius 1 is 1.36 bits per heavy atom. The normalized spacial score (nSPS) is 20.0. The molecule has 0 fully saturated rings. The van der Waals surface area contributed by atoms with Gasteiger partial charge in [-0.2, -0.15) is 5.26 Å². The predicted molar refractivity (Wildman–Crippen MR) is 93.2 cm³/mol. The number of hydrogen-bond acceptors (Lipinski definition) is 2. The minimum atomic E-state index is -0.118. The van der Waals surface area contributed by atoms with Crippen molar-refractivity contribution in [1.29, 1.82) is 5.26 Å². The molecule has 0 amide bonds. The number of aliphatic hydroxyl groups is 1. The molecule has 0 aromatic carbocycles. The van der Waals surface area contributed by atoms with E-state index < -0.39 is 0 Å². The Hall–Kier alpha value is -1.85. The summed E-state index contributed by atoms with van der Waals surface area (Å²) in [4.78, 5) is 0. The summed E-state index contributed by atoms with van der Waals surface area (Å²) < 4.78 is 0. The summed E-state index contributed by atoms with van der Waals surface area (Å²) in [6, 6.07) is 1.92. The molecular weight excluding hydrogens is 270 g/mol. The van der Waals surface area contributed by atoms with Gasteiger partial charge in [-0.15, -0.1) is 0 Å². The fraction of sp³-hybridized carbons (Fsp3) is 0.450. The number of aliphatic hydroxyl groups excluding tert-OH is 1. The molecule has 1 aliphatic carbocycles. The number of allylic oxidation sites excluding steroid dienone is 8. The molecule has 1 rings (SSSR count). The van der Waals surface area contributed by atoms with E-state index in [2.05, 4.69) is 39.8 Å². The van der Waals surface area contributed by atoms with Crippen molar-refractivity contribution in [2.75, 3.05) is 6.61 Å². The van der Waals surface area contributed by atoms with Crippen LogP contribution in [0.5, 0.6) is 0 Å². The van der Waals surface area contributed by atoms with Crippen molar-refractivity contribution in [1.82, 2.24) is 0 Å². The number of nitriles is 1. The van der Waals surface area contributed by atoms with Gasteiger partial charge in [0.25, 0.3) is 0 Å². The molecule has 2 nitrogen and oxygen atoms in total. The first-order valence-electron chi connectivity index (χ1n) is 7.83. The second-order valence-corrected chi connectivity index (χ2v) is 6.54. The summed E-state index contributed by atoms with van der Waals surface area (Å²) in [7, 11) is 0. The van der Waals surface area contributed by atoms with Crippen LogP contribution in [0.3, 0.4) is 0 Å². The van der Waals surface area contributed by atoms with E-state index in [1.54, 1.807) is 6.08 Å². The highest BCUT2D eigenvalue weighted by Crippen LogP contribution is 2.40. The number of hydrogen-bond donors (Lipinski definition) is 1. The molecule has 0 saturated carbocycles. The number of nitrogens with zero attached hydrogens (tertiary/aromatic N) is 1. The van der Waals surface area contributed by atoms with Crippen molar-refractivity contribution in [2.24, 2.45) is 5.41 Å². The SMILES string of the molecule is CC1=C(/C=C/C(C)=C/C=C/C(=C/C#N)CO)C(C)(C)CCC1. The third kappa shape index (κ3) is 5.50. The van der Waals surface area contributed by atoms with Gasteiger partial charge in [0.05, 0.1) is 12.7 Å². The van der Waals surface area contributed by atoms with Gasteiger partial charge in [-0.1, -0.05) is 55.4 Å². The second-order valence-electron chi connectivity index (χ2n) is 6.54. The van der Waals surface area contributed by atoms with Crippen LogP contribution < -0.4 is 0 Å². The molecule has 0 heterocycles. The maximum atomic E-state index is 9.07. The first-order valence-corrected chi connectivity index (χ1v) is 7.83. The molecule has 0 bridgehead atoms. The molecule has 0 radical (unpaired) electrons. The van der Waals surface area contributed by atoms with Gasteiger partial charge in [0, 0.05) is 6.08 Å². The van der Waals surface area contributed by atoms with Gasteiger partial charge in [0.15, 0.2) is 0 Å². The molecular formula is C20H27NO. The molecule has 0 spiro atoms. The monoisotopic (exact) mass is 297 g/mol. The molecule has 1 aliphatic rings. The molecule has 1 N–H and O–H groups in total. The van der Waals surface area contributed by atoms with Crippen LogP contribution in [0, 0.1) is 16.7 Å². The van der Waals surface area contributed by atoms with Crippen LogP contribution in [0.2, 0.25) is 0 Å². The van der Waals surface area contributed by atoms with E-state index in [0.29, 0.717) is 5.57 Å². The van der Waals surface area contributed by atoms with Crippen LogP contribution >= 0.6 is 0 Å². The lowest BCUT2D eigenvalue weighted by atomic mass is 9.72. The molecule has 0 aromatic heterocycles. The molecule has 22 heavy (non-hydrogen) atoms. The molecule has 0 aromatic rings. The molecule has 118 valence electrons. The van der Waals surface area contributed by atoms with Gasteiger partial charge in [-0.25, -0.2) is 0 Å². The van der Waals surface area contributed by atoms with Crippen molar-refractivity contribution in [3.8, 4) is 6.07 Å². The summed E-state index contributed by atoms with van der Waals surface area (Å²) in [5.74, 6) is 0. The van der Waals surface area contributed by atoms with Gasteiger partial charge < -0.3 is 5.11 Å². The highest BCUT2D eigenvalue weighted by molar-refractivity contribution is 5.37. The Kier molecular flexibility index (Phi) is 7.08. The van der Waals surface area contributed by atoms with E-state index in [1.165, 1.54) is 36.5 Å². The van der Waals surface area contributed by atoms with Crippen LogP contribution in [0.4, 0.5) is 0 Å². The average molecular weight is 297 g/mol. The van der Waals surface area contributed by atoms with Crippen molar-refractivity contribution in [3.05, 3.63) is 58.7 Å². The van der Waals surface area contributed by atoms with Crippen LogP contribution in [-0.4, -0.2) is 11.7 Å². The molecule has 0 saturated heterocycles. The fourth-order valence-corrected chi connectivity index (χ4v) is 2.83. The Bertz CT molecular complexity index is 577. The van der Waals surface area contributed by atoms with E-state index in [9.17, 15) is 0 Å². The highest BCUT2D eigenvalue weighted by Gasteiger charge is 2.26. The van der Waals surface area contributed by atoms with Crippen molar-refractivity contribution in [2.45, 2.75) is 47.0 Å². The van der Waals surface area contributed by atoms with Crippen molar-refractivity contribution < 1.29 is 5.11 Å². The highest BCUT2D eigenvalue weighted by atomic mass is 16.3. The zero-order valence-corrected chi connectivity index (χ0v) is 14.2. The average Bonchev–Trinajstić information content (AvgIpc) is 2.45. The summed E-state index contributed by atoms with van der Waals surface area (Å²) >= 11 is 0. The topological polar surface area (TPSA) is 44.0 Å². The number of rotatable bonds is 5. The van der Waals surface area contributed by atoms with Gasteiger partial charge in [0.2, 0.25) is 0 Å². The first kappa shape index (κ1) is 18.2. The molecule has 0 atom stereocenters. The van der Waals surface area contributed by atoms with Gasteiger partial charge >= 0.3 is 0 Å². The Morgan fingerprint density at radius 2 is 2.09 bits per heavy atom. The summed E-state index contributed by atoms with van der Waals surface area (Å²) in [6.45, 7) is 8.80. The Morgan fingerprint density at radius 3 is 2.68 bits per heavy atom. The zero-order valence-electron chi connectivity index (χ0n) is 14.2. The maximum Gasteiger partial charge on any atom is 0.0915 e. The maximum absolute atomic E-state index is 9.07. The van der Waals surface area contributed by atoms with Gasteiger partial charge in [0.1, 0.15) is 0 Å². The Balaban J connectivity index is 2.82. The first-order chi connectivity index (χ1) is 10.4. The quantitative estimate of drug-likeness (QED) is 0.572. The van der Waals surface area contributed by atoms with E-state index in [0.717, 1.165) is 5.57 Å². The second kappa shape index (κ2) is 8.56. The third-order valence-corrected chi connectivity index (χ3v) is 4.16. The van der Waals surface area contributed by atoms with Crippen LogP contribution in [0.25, 0.3) is 0 Å². The van der Waals surface area contributed by atoms with Gasteiger partial charge in [-0.3, -0.25) is 0 Å². The predicted octanol–water partition coefficient (Wildman–Crippen LogP) is 5.01. The lowest BCUT2D eigenvalue weighted by Crippen LogP contribution is -2.19. The van der Waals surface area contributed by atoms with Crippen LogP contribution in [0.15, 0.2) is 58.7 Å².